The van der Waals surface area contributed by atoms with E-state index in [1.54, 1.807) is 6.07 Å². The molecule has 2 N–H and O–H groups in total. The molecular weight excluding hydrogens is 122 g/mol. The number of hydrogen-bond acceptors (Lipinski definition) is 4. The molecule has 1 amide bonds. The molecule has 0 aromatic rings. The molecule has 0 aliphatic rings. The molecule has 0 fully saturated rings. The summed E-state index contributed by atoms with van der Waals surface area (Å²) in [5.74, 6) is -0.701. The molecule has 48 valence electrons. The Morgan fingerprint density at radius 1 is 2.00 bits per heavy atom. The van der Waals surface area contributed by atoms with E-state index in [9.17, 15) is 4.79 Å². The standard InChI is InChI=1S/C4H5N3O2/c5-1-2-9-7-3-4(6)8/h3H,2H2,(H2,6,8)/b7-3+. The van der Waals surface area contributed by atoms with Crippen LogP contribution < -0.4 is 5.73 Å². The van der Waals surface area contributed by atoms with Gasteiger partial charge in [-0.25, -0.2) is 0 Å². The Balaban J connectivity index is 3.28. The summed E-state index contributed by atoms with van der Waals surface area (Å²) in [5.41, 5.74) is 4.62. The molecule has 5 nitrogen and oxygen atoms in total. The Bertz CT molecular complexity index is 158. The average molecular weight is 127 g/mol. The molecule has 0 bridgehead atoms. The maximum Gasteiger partial charge on any atom is 0.263 e. The van der Waals surface area contributed by atoms with Crippen molar-refractivity contribution in [1.82, 2.24) is 0 Å². The minimum Gasteiger partial charge on any atom is -0.380 e. The highest BCUT2D eigenvalue weighted by atomic mass is 16.6. The molecule has 0 radical (unpaired) electrons. The van der Waals surface area contributed by atoms with Gasteiger partial charge in [0.05, 0.1) is 0 Å². The predicted octanol–water partition coefficient (Wildman–Crippen LogP) is -1.00. The summed E-state index contributed by atoms with van der Waals surface area (Å²) in [6.45, 7) is -0.177. The summed E-state index contributed by atoms with van der Waals surface area (Å²) in [6.07, 6.45) is 0.789. The Hall–Kier alpha value is -1.57. The number of hydrogen-bond donors (Lipinski definition) is 1. The van der Waals surface area contributed by atoms with Gasteiger partial charge in [-0.2, -0.15) is 5.26 Å². The van der Waals surface area contributed by atoms with Gasteiger partial charge in [-0.1, -0.05) is 5.16 Å². The highest BCUT2D eigenvalue weighted by Crippen LogP contribution is 1.69. The van der Waals surface area contributed by atoms with Crippen molar-refractivity contribution in [3.05, 3.63) is 0 Å². The molecule has 0 aliphatic carbocycles. The van der Waals surface area contributed by atoms with Crippen molar-refractivity contribution in [2.45, 2.75) is 0 Å². The molecule has 0 rings (SSSR count). The van der Waals surface area contributed by atoms with E-state index in [0.29, 0.717) is 0 Å². The van der Waals surface area contributed by atoms with Gasteiger partial charge in [0.1, 0.15) is 12.3 Å². The quantitative estimate of drug-likeness (QED) is 0.299. The van der Waals surface area contributed by atoms with Gasteiger partial charge in [0, 0.05) is 0 Å². The van der Waals surface area contributed by atoms with Crippen LogP contribution >= 0.6 is 0 Å². The fourth-order valence-corrected chi connectivity index (χ4v) is 0.155. The second-order valence-electron chi connectivity index (χ2n) is 1.07. The van der Waals surface area contributed by atoms with Gasteiger partial charge in [0.2, 0.25) is 6.61 Å². The van der Waals surface area contributed by atoms with E-state index in [1.165, 1.54) is 0 Å². The second kappa shape index (κ2) is 4.59. The van der Waals surface area contributed by atoms with Crippen LogP contribution in [0.2, 0.25) is 0 Å². The topological polar surface area (TPSA) is 88.5 Å². The second-order valence-corrected chi connectivity index (χ2v) is 1.07. The molecule has 0 atom stereocenters. The molecule has 0 saturated carbocycles. The number of primary amides is 1. The van der Waals surface area contributed by atoms with Gasteiger partial charge in [-0.15, -0.1) is 0 Å². The van der Waals surface area contributed by atoms with Crippen LogP contribution in [0.3, 0.4) is 0 Å². The monoisotopic (exact) mass is 127 g/mol. The Morgan fingerprint density at radius 3 is 3.11 bits per heavy atom. The molecule has 0 saturated heterocycles. The Labute approximate surface area is 51.7 Å². The van der Waals surface area contributed by atoms with E-state index in [4.69, 9.17) is 5.26 Å². The number of carbonyl (C=O) groups excluding carboxylic acids is 1. The largest absolute Gasteiger partial charge is 0.380 e. The van der Waals surface area contributed by atoms with E-state index < -0.39 is 5.91 Å². The van der Waals surface area contributed by atoms with Gasteiger partial charge in [-0.05, 0) is 0 Å². The minimum atomic E-state index is -0.701. The first-order valence-corrected chi connectivity index (χ1v) is 2.09. The summed E-state index contributed by atoms with van der Waals surface area (Å²) in [6, 6.07) is 1.65. The Morgan fingerprint density at radius 2 is 2.67 bits per heavy atom. The number of rotatable bonds is 3. The summed E-state index contributed by atoms with van der Waals surface area (Å²) >= 11 is 0. The summed E-state index contributed by atoms with van der Waals surface area (Å²) in [4.78, 5) is 14.1. The van der Waals surface area contributed by atoms with E-state index >= 15 is 0 Å². The van der Waals surface area contributed by atoms with E-state index in [0.717, 1.165) is 6.21 Å². The van der Waals surface area contributed by atoms with Crippen LogP contribution in [0.15, 0.2) is 5.16 Å². The minimum absolute atomic E-state index is 0.177. The molecule has 9 heavy (non-hydrogen) atoms. The molecule has 0 aliphatic heterocycles. The van der Waals surface area contributed by atoms with Crippen LogP contribution in [0.25, 0.3) is 0 Å². The van der Waals surface area contributed by atoms with Crippen LogP contribution in [0.4, 0.5) is 0 Å². The van der Waals surface area contributed by atoms with Crippen molar-refractivity contribution in [2.24, 2.45) is 10.9 Å². The van der Waals surface area contributed by atoms with Crippen molar-refractivity contribution in [3.63, 3.8) is 0 Å². The van der Waals surface area contributed by atoms with Crippen LogP contribution in [-0.4, -0.2) is 18.7 Å². The third-order valence-electron chi connectivity index (χ3n) is 0.384. The first kappa shape index (κ1) is 7.43. The lowest BCUT2D eigenvalue weighted by molar-refractivity contribution is -0.111. The lowest BCUT2D eigenvalue weighted by atomic mass is 10.7. The molecule has 0 spiro atoms. The molecule has 0 heterocycles. The van der Waals surface area contributed by atoms with E-state index in [-0.39, 0.29) is 6.61 Å². The normalized spacial score (nSPS) is 8.78. The first-order chi connectivity index (χ1) is 4.27. The van der Waals surface area contributed by atoms with Gasteiger partial charge in [0.15, 0.2) is 0 Å². The van der Waals surface area contributed by atoms with Crippen molar-refractivity contribution in [2.75, 3.05) is 6.61 Å². The lowest BCUT2D eigenvalue weighted by Gasteiger charge is -1.84. The SMILES string of the molecule is N#CCO/N=C/C(N)=O. The van der Waals surface area contributed by atoms with Crippen LogP contribution in [0.5, 0.6) is 0 Å². The van der Waals surface area contributed by atoms with Gasteiger partial charge >= 0.3 is 0 Å². The number of carbonyl (C=O) groups is 1. The van der Waals surface area contributed by atoms with Gasteiger partial charge < -0.3 is 10.6 Å². The first-order valence-electron chi connectivity index (χ1n) is 2.09. The maximum absolute atomic E-state index is 9.87. The molecule has 0 aromatic carbocycles. The zero-order valence-corrected chi connectivity index (χ0v) is 4.57. The zero-order chi connectivity index (χ0) is 7.11. The lowest BCUT2D eigenvalue weighted by Crippen LogP contribution is -2.11. The smallest absolute Gasteiger partial charge is 0.263 e. The van der Waals surface area contributed by atoms with Crippen LogP contribution in [-0.2, 0) is 9.63 Å². The highest BCUT2D eigenvalue weighted by molar-refractivity contribution is 6.25. The summed E-state index contributed by atoms with van der Waals surface area (Å²) in [7, 11) is 0. The number of nitrogens with two attached hydrogens (primary N) is 1. The van der Waals surface area contributed by atoms with E-state index in [2.05, 4.69) is 15.7 Å². The van der Waals surface area contributed by atoms with Crippen molar-refractivity contribution >= 4 is 12.1 Å². The molecule has 5 heteroatoms. The van der Waals surface area contributed by atoms with Crippen LogP contribution in [0, 0.1) is 11.3 Å². The van der Waals surface area contributed by atoms with Gasteiger partial charge in [0.25, 0.3) is 5.91 Å². The number of oxime groups is 1. The van der Waals surface area contributed by atoms with Crippen molar-refractivity contribution in [1.29, 1.82) is 5.26 Å². The fourth-order valence-electron chi connectivity index (χ4n) is 0.155. The molecular formula is C4H5N3O2. The van der Waals surface area contributed by atoms with Crippen molar-refractivity contribution in [3.8, 4) is 6.07 Å². The highest BCUT2D eigenvalue weighted by Gasteiger charge is 1.81. The molecule has 0 aromatic heterocycles. The van der Waals surface area contributed by atoms with Gasteiger partial charge in [-0.3, -0.25) is 4.79 Å². The third-order valence-corrected chi connectivity index (χ3v) is 0.384. The molecule has 0 unspecified atom stereocenters. The average Bonchev–Trinajstić information content (AvgIpc) is 1.80. The van der Waals surface area contributed by atoms with Crippen LogP contribution in [0.1, 0.15) is 0 Å². The number of nitriles is 1. The summed E-state index contributed by atoms with van der Waals surface area (Å²) in [5, 5.41) is 10.9. The maximum atomic E-state index is 9.87. The fraction of sp³-hybridized carbons (Fsp3) is 0.250. The Kier molecular flexibility index (Phi) is 3.79. The zero-order valence-electron chi connectivity index (χ0n) is 4.57. The predicted molar refractivity (Wildman–Crippen MR) is 29.3 cm³/mol. The number of amides is 1. The van der Waals surface area contributed by atoms with E-state index in [1.807, 2.05) is 0 Å². The van der Waals surface area contributed by atoms with Crippen molar-refractivity contribution < 1.29 is 9.63 Å². The number of nitrogens with zero attached hydrogens (tertiary/aromatic N) is 2. The third kappa shape index (κ3) is 6.43. The summed E-state index contributed by atoms with van der Waals surface area (Å²) < 4.78 is 0.